The lowest BCUT2D eigenvalue weighted by molar-refractivity contribution is 0.412. The quantitative estimate of drug-likeness (QED) is 0.453. The smallest absolute Gasteiger partial charge is 0.187 e. The van der Waals surface area contributed by atoms with Crippen molar-refractivity contribution >= 4 is 23.5 Å². The zero-order chi connectivity index (χ0) is 15.1. The van der Waals surface area contributed by atoms with Crippen LogP contribution < -0.4 is 15.5 Å². The number of benzene rings is 1. The summed E-state index contributed by atoms with van der Waals surface area (Å²) in [5.74, 6) is 0.810. The molecule has 2 rings (SSSR count). The van der Waals surface area contributed by atoms with E-state index in [1.54, 1.807) is 25.3 Å². The van der Waals surface area contributed by atoms with E-state index in [0.717, 1.165) is 12.8 Å². The summed E-state index contributed by atoms with van der Waals surface area (Å²) in [7, 11) is 1.58. The van der Waals surface area contributed by atoms with Gasteiger partial charge in [0, 0.05) is 11.6 Å². The van der Waals surface area contributed by atoms with Gasteiger partial charge >= 0.3 is 0 Å². The number of hydrogen-bond acceptors (Lipinski definition) is 4. The Labute approximate surface area is 130 Å². The first kappa shape index (κ1) is 15.6. The molecule has 5 nitrogen and oxygen atoms in total. The second-order valence-electron chi connectivity index (χ2n) is 5.10. The van der Waals surface area contributed by atoms with E-state index in [2.05, 4.69) is 15.8 Å². The Bertz CT molecular complexity index is 514. The number of thiocarbonyl (C=S) groups is 1. The maximum atomic E-state index is 9.73. The van der Waals surface area contributed by atoms with E-state index in [-0.39, 0.29) is 5.75 Å². The fourth-order valence-corrected chi connectivity index (χ4v) is 2.61. The summed E-state index contributed by atoms with van der Waals surface area (Å²) in [6.07, 6.45) is 7.64. The molecule has 1 saturated carbocycles. The number of nitrogens with zero attached hydrogens (tertiary/aromatic N) is 1. The molecule has 0 spiro atoms. The Morgan fingerprint density at radius 3 is 2.86 bits per heavy atom. The molecule has 3 N–H and O–H groups in total. The number of methoxy groups -OCH3 is 1. The van der Waals surface area contributed by atoms with Gasteiger partial charge in [-0.15, -0.1) is 0 Å². The van der Waals surface area contributed by atoms with Gasteiger partial charge in [-0.3, -0.25) is 5.43 Å². The Hall–Kier alpha value is -1.82. The third kappa shape index (κ3) is 4.90. The molecule has 1 fully saturated rings. The van der Waals surface area contributed by atoms with E-state index in [0.29, 0.717) is 22.5 Å². The van der Waals surface area contributed by atoms with E-state index < -0.39 is 0 Å². The molecular formula is C15H21N3O2S. The third-order valence-corrected chi connectivity index (χ3v) is 3.75. The summed E-state index contributed by atoms with van der Waals surface area (Å²) in [5, 5.41) is 17.6. The van der Waals surface area contributed by atoms with Crippen molar-refractivity contribution in [3.05, 3.63) is 23.8 Å². The van der Waals surface area contributed by atoms with Crippen LogP contribution in [0.1, 0.15) is 37.7 Å². The zero-order valence-electron chi connectivity index (χ0n) is 12.1. The fourth-order valence-electron chi connectivity index (χ4n) is 2.39. The van der Waals surface area contributed by atoms with E-state index in [4.69, 9.17) is 17.0 Å². The van der Waals surface area contributed by atoms with Gasteiger partial charge < -0.3 is 15.2 Å². The molecule has 6 heteroatoms. The lowest BCUT2D eigenvalue weighted by Crippen LogP contribution is -2.40. The maximum Gasteiger partial charge on any atom is 0.187 e. The minimum absolute atomic E-state index is 0.146. The maximum absolute atomic E-state index is 9.73. The summed E-state index contributed by atoms with van der Waals surface area (Å²) in [5.41, 5.74) is 3.35. The standard InChI is InChI=1S/C15H21N3O2S/c1-20-13-7-8-14(19)11(9-13)10-16-18-15(21)17-12-5-3-2-4-6-12/h7-10,12,19H,2-6H2,1H3,(H2,17,18,21)/b16-10-. The van der Waals surface area contributed by atoms with Crippen LogP contribution in [0, 0.1) is 0 Å². The monoisotopic (exact) mass is 307 g/mol. The van der Waals surface area contributed by atoms with Crippen molar-refractivity contribution in [2.45, 2.75) is 38.1 Å². The lowest BCUT2D eigenvalue weighted by atomic mass is 9.96. The van der Waals surface area contributed by atoms with Gasteiger partial charge in [0.2, 0.25) is 0 Å². The highest BCUT2D eigenvalue weighted by Crippen LogP contribution is 2.21. The average molecular weight is 307 g/mol. The Balaban J connectivity index is 1.85. The highest BCUT2D eigenvalue weighted by atomic mass is 32.1. The Morgan fingerprint density at radius 1 is 1.38 bits per heavy atom. The van der Waals surface area contributed by atoms with Crippen LogP contribution >= 0.6 is 12.2 Å². The first-order valence-electron chi connectivity index (χ1n) is 7.15. The van der Waals surface area contributed by atoms with Gasteiger partial charge in [-0.1, -0.05) is 19.3 Å². The molecule has 21 heavy (non-hydrogen) atoms. The van der Waals surface area contributed by atoms with Gasteiger partial charge in [-0.05, 0) is 43.3 Å². The largest absolute Gasteiger partial charge is 0.507 e. The predicted octanol–water partition coefficient (Wildman–Crippen LogP) is 2.53. The number of phenolic OH excluding ortho intramolecular Hbond substituents is 1. The molecule has 0 aromatic heterocycles. The zero-order valence-corrected chi connectivity index (χ0v) is 12.9. The molecule has 1 aliphatic carbocycles. The molecule has 1 aromatic rings. The molecule has 0 heterocycles. The molecule has 0 amide bonds. The molecule has 1 aromatic carbocycles. The number of phenols is 1. The summed E-state index contributed by atoms with van der Waals surface area (Å²) >= 11 is 5.21. The number of aromatic hydroxyl groups is 1. The van der Waals surface area contributed by atoms with Gasteiger partial charge in [-0.25, -0.2) is 0 Å². The van der Waals surface area contributed by atoms with Gasteiger partial charge in [0.1, 0.15) is 11.5 Å². The molecular weight excluding hydrogens is 286 g/mol. The molecule has 0 saturated heterocycles. The number of rotatable bonds is 4. The summed E-state index contributed by atoms with van der Waals surface area (Å²) in [4.78, 5) is 0. The fraction of sp³-hybridized carbons (Fsp3) is 0.467. The van der Waals surface area contributed by atoms with Crippen molar-refractivity contribution in [3.63, 3.8) is 0 Å². The van der Waals surface area contributed by atoms with Crippen LogP contribution in [-0.2, 0) is 0 Å². The van der Waals surface area contributed by atoms with Crippen LogP contribution in [0.5, 0.6) is 11.5 Å². The molecule has 0 radical (unpaired) electrons. The highest BCUT2D eigenvalue weighted by Gasteiger charge is 2.13. The van der Waals surface area contributed by atoms with Crippen molar-refractivity contribution in [1.82, 2.24) is 10.7 Å². The van der Waals surface area contributed by atoms with Crippen molar-refractivity contribution in [1.29, 1.82) is 0 Å². The third-order valence-electron chi connectivity index (χ3n) is 3.54. The van der Waals surface area contributed by atoms with Gasteiger partial charge in [0.05, 0.1) is 13.3 Å². The van der Waals surface area contributed by atoms with Gasteiger partial charge in [0.25, 0.3) is 0 Å². The molecule has 114 valence electrons. The summed E-state index contributed by atoms with van der Waals surface area (Å²) < 4.78 is 5.11. The normalized spacial score (nSPS) is 15.9. The second-order valence-corrected chi connectivity index (χ2v) is 5.51. The number of hydrazone groups is 1. The van der Waals surface area contributed by atoms with Crippen molar-refractivity contribution in [3.8, 4) is 11.5 Å². The second kappa shape index (κ2) is 7.83. The summed E-state index contributed by atoms with van der Waals surface area (Å²) in [6.45, 7) is 0. The van der Waals surface area contributed by atoms with Crippen LogP contribution in [-0.4, -0.2) is 29.6 Å². The van der Waals surface area contributed by atoms with Gasteiger partial charge in [0.15, 0.2) is 5.11 Å². The first-order chi connectivity index (χ1) is 10.2. The SMILES string of the molecule is COc1ccc(O)c(/C=N\NC(=S)NC2CCCCC2)c1. The Morgan fingerprint density at radius 2 is 2.14 bits per heavy atom. The molecule has 0 atom stereocenters. The summed E-state index contributed by atoms with van der Waals surface area (Å²) in [6, 6.07) is 5.41. The minimum atomic E-state index is 0.146. The lowest BCUT2D eigenvalue weighted by Gasteiger charge is -2.23. The average Bonchev–Trinajstić information content (AvgIpc) is 2.50. The van der Waals surface area contributed by atoms with Crippen LogP contribution in [0.2, 0.25) is 0 Å². The van der Waals surface area contributed by atoms with Crippen LogP contribution in [0.3, 0.4) is 0 Å². The molecule has 0 bridgehead atoms. The van der Waals surface area contributed by atoms with E-state index >= 15 is 0 Å². The van der Waals surface area contributed by atoms with E-state index in [1.807, 2.05) is 0 Å². The number of ether oxygens (including phenoxy) is 1. The van der Waals surface area contributed by atoms with Crippen LogP contribution in [0.15, 0.2) is 23.3 Å². The first-order valence-corrected chi connectivity index (χ1v) is 7.56. The van der Waals surface area contributed by atoms with Crippen molar-refractivity contribution in [2.24, 2.45) is 5.10 Å². The van der Waals surface area contributed by atoms with Gasteiger partial charge in [-0.2, -0.15) is 5.10 Å². The predicted molar refractivity (Wildman–Crippen MR) is 88.0 cm³/mol. The van der Waals surface area contributed by atoms with E-state index in [9.17, 15) is 5.11 Å². The van der Waals surface area contributed by atoms with E-state index in [1.165, 1.54) is 25.5 Å². The van der Waals surface area contributed by atoms with Crippen molar-refractivity contribution in [2.75, 3.05) is 7.11 Å². The number of nitrogens with one attached hydrogen (secondary N) is 2. The number of hydrogen-bond donors (Lipinski definition) is 3. The van der Waals surface area contributed by atoms with Crippen LogP contribution in [0.4, 0.5) is 0 Å². The molecule has 1 aliphatic rings. The highest BCUT2D eigenvalue weighted by molar-refractivity contribution is 7.80. The molecule has 0 aliphatic heterocycles. The Kier molecular flexibility index (Phi) is 5.80. The molecule has 0 unspecified atom stereocenters. The topological polar surface area (TPSA) is 65.9 Å². The minimum Gasteiger partial charge on any atom is -0.507 e. The van der Waals surface area contributed by atoms with Crippen molar-refractivity contribution < 1.29 is 9.84 Å². The van der Waals surface area contributed by atoms with Crippen LogP contribution in [0.25, 0.3) is 0 Å².